The first kappa shape index (κ1) is 22.6. The summed E-state index contributed by atoms with van der Waals surface area (Å²) in [6, 6.07) is 0. The monoisotopic (exact) mass is 412 g/mol. The molecule has 2 unspecified atom stereocenters. The van der Waals surface area contributed by atoms with Crippen LogP contribution in [0.25, 0.3) is 0 Å². The Balaban J connectivity index is 1.58. The van der Waals surface area contributed by atoms with Crippen LogP contribution in [0.5, 0.6) is 0 Å². The van der Waals surface area contributed by atoms with Crippen LogP contribution >= 0.6 is 0 Å². The first-order valence-electron chi connectivity index (χ1n) is 13.0. The van der Waals surface area contributed by atoms with E-state index in [-0.39, 0.29) is 11.5 Å². The summed E-state index contributed by atoms with van der Waals surface area (Å²) < 4.78 is 0. The molecule has 1 heteroatoms. The van der Waals surface area contributed by atoms with Gasteiger partial charge in [0.2, 0.25) is 0 Å². The maximum atomic E-state index is 10.7. The van der Waals surface area contributed by atoms with Crippen molar-refractivity contribution in [2.24, 2.45) is 51.8 Å². The molecule has 0 aromatic rings. The Morgan fingerprint density at radius 1 is 0.967 bits per heavy atom. The lowest BCUT2D eigenvalue weighted by molar-refractivity contribution is -0.132. The molecule has 0 heterocycles. The minimum atomic E-state index is -0.153. The van der Waals surface area contributed by atoms with E-state index in [1.165, 1.54) is 44.9 Å². The molecule has 3 fully saturated rings. The predicted molar refractivity (Wildman–Crippen MR) is 128 cm³/mol. The van der Waals surface area contributed by atoms with Gasteiger partial charge in [-0.05, 0) is 110 Å². The van der Waals surface area contributed by atoms with Gasteiger partial charge in [-0.2, -0.15) is 0 Å². The standard InChI is InChI=1S/C29H48O/c1-19(2)9-8-10-20(3)22-12-13-23-21-11-14-25-27(4,5)26(30)16-18-29(25,7)24(21)15-17-28(22,23)6/h10-11,14,19,21-26,30H,8-9,12-13,15-18H2,1-7H3/t21-,22+,23-,24-,25?,26?,28+,29+/m0/s1. The van der Waals surface area contributed by atoms with Crippen molar-refractivity contribution in [1.82, 2.24) is 0 Å². The highest BCUT2D eigenvalue weighted by atomic mass is 16.3. The number of rotatable bonds is 4. The van der Waals surface area contributed by atoms with Gasteiger partial charge in [0.15, 0.2) is 0 Å². The summed E-state index contributed by atoms with van der Waals surface area (Å²) in [5.41, 5.74) is 2.54. The minimum absolute atomic E-state index is 0.00315. The molecule has 4 aliphatic rings. The zero-order chi connectivity index (χ0) is 21.9. The number of aliphatic hydroxyl groups excluding tert-OH is 1. The molecule has 1 N–H and O–H groups in total. The maximum absolute atomic E-state index is 10.7. The SMILES string of the molecule is CC(=CCCC(C)C)[C@H]1CC[C@H]2[C@@H]3C=CC4C(C)(C)C(O)CC[C@]4(C)[C@H]3CC[C@]12C. The van der Waals surface area contributed by atoms with Gasteiger partial charge in [-0.15, -0.1) is 0 Å². The molecule has 0 amide bonds. The number of allylic oxidation sites excluding steroid dienone is 4. The van der Waals surface area contributed by atoms with Gasteiger partial charge in [-0.1, -0.05) is 65.3 Å². The fourth-order valence-electron chi connectivity index (χ4n) is 8.92. The molecule has 0 radical (unpaired) electrons. The van der Waals surface area contributed by atoms with E-state index in [2.05, 4.69) is 66.7 Å². The van der Waals surface area contributed by atoms with Crippen LogP contribution in [0, 0.1) is 51.8 Å². The van der Waals surface area contributed by atoms with Crippen LogP contribution in [0.3, 0.4) is 0 Å². The number of aliphatic hydroxyl groups is 1. The molecule has 8 atom stereocenters. The average molecular weight is 413 g/mol. The van der Waals surface area contributed by atoms with E-state index >= 15 is 0 Å². The number of hydrogen-bond acceptors (Lipinski definition) is 1. The lowest BCUT2D eigenvalue weighted by Gasteiger charge is -2.62. The van der Waals surface area contributed by atoms with Crippen LogP contribution < -0.4 is 0 Å². The molecule has 3 saturated carbocycles. The van der Waals surface area contributed by atoms with Crippen LogP contribution in [0.4, 0.5) is 0 Å². The predicted octanol–water partition coefficient (Wildman–Crippen LogP) is 7.80. The van der Waals surface area contributed by atoms with E-state index in [0.29, 0.717) is 16.7 Å². The summed E-state index contributed by atoms with van der Waals surface area (Å²) in [7, 11) is 0. The van der Waals surface area contributed by atoms with Crippen LogP contribution in [-0.4, -0.2) is 11.2 Å². The van der Waals surface area contributed by atoms with Crippen molar-refractivity contribution in [2.75, 3.05) is 0 Å². The molecule has 4 rings (SSSR count). The minimum Gasteiger partial charge on any atom is -0.393 e. The van der Waals surface area contributed by atoms with Crippen molar-refractivity contribution < 1.29 is 5.11 Å². The largest absolute Gasteiger partial charge is 0.393 e. The summed E-state index contributed by atoms with van der Waals surface area (Å²) in [4.78, 5) is 0. The van der Waals surface area contributed by atoms with Crippen molar-refractivity contribution in [3.63, 3.8) is 0 Å². The highest BCUT2D eigenvalue weighted by Gasteiger charge is 2.61. The first-order chi connectivity index (χ1) is 14.0. The Morgan fingerprint density at radius 2 is 1.63 bits per heavy atom. The lowest BCUT2D eigenvalue weighted by atomic mass is 9.43. The van der Waals surface area contributed by atoms with Gasteiger partial charge in [-0.3, -0.25) is 0 Å². The van der Waals surface area contributed by atoms with E-state index in [9.17, 15) is 5.11 Å². The summed E-state index contributed by atoms with van der Waals surface area (Å²) in [6.07, 6.45) is 18.0. The molecule has 170 valence electrons. The lowest BCUT2D eigenvalue weighted by Crippen LogP contribution is -2.57. The fourth-order valence-corrected chi connectivity index (χ4v) is 8.92. The van der Waals surface area contributed by atoms with Crippen LogP contribution in [0.2, 0.25) is 0 Å². The van der Waals surface area contributed by atoms with Crippen LogP contribution in [0.1, 0.15) is 99.8 Å². The Bertz CT molecular complexity index is 699. The van der Waals surface area contributed by atoms with Crippen molar-refractivity contribution in [3.05, 3.63) is 23.8 Å². The Hall–Kier alpha value is -0.560. The zero-order valence-corrected chi connectivity index (χ0v) is 20.9. The Kier molecular flexibility index (Phi) is 5.87. The Morgan fingerprint density at radius 3 is 2.33 bits per heavy atom. The first-order valence-corrected chi connectivity index (χ1v) is 13.0. The molecule has 1 nitrogen and oxygen atoms in total. The maximum Gasteiger partial charge on any atom is 0.0597 e. The van der Waals surface area contributed by atoms with Crippen molar-refractivity contribution in [2.45, 2.75) is 106 Å². The highest BCUT2D eigenvalue weighted by molar-refractivity contribution is 5.23. The van der Waals surface area contributed by atoms with Gasteiger partial charge >= 0.3 is 0 Å². The second kappa shape index (κ2) is 7.79. The zero-order valence-electron chi connectivity index (χ0n) is 20.9. The van der Waals surface area contributed by atoms with Gasteiger partial charge in [0, 0.05) is 0 Å². The second-order valence-corrected chi connectivity index (χ2v) is 13.1. The third-order valence-electron chi connectivity index (χ3n) is 10.8. The molecule has 0 bridgehead atoms. The summed E-state index contributed by atoms with van der Waals surface area (Å²) in [6.45, 7) is 17.0. The molecule has 0 aliphatic heterocycles. The molecular weight excluding hydrogens is 364 g/mol. The van der Waals surface area contributed by atoms with E-state index < -0.39 is 0 Å². The topological polar surface area (TPSA) is 20.2 Å². The molecular formula is C29H48O. The van der Waals surface area contributed by atoms with E-state index in [1.54, 1.807) is 5.57 Å². The summed E-state index contributed by atoms with van der Waals surface area (Å²) in [5.74, 6) is 4.52. The van der Waals surface area contributed by atoms with Crippen LogP contribution in [-0.2, 0) is 0 Å². The number of fused-ring (bicyclic) bond motifs is 5. The third-order valence-corrected chi connectivity index (χ3v) is 10.8. The van der Waals surface area contributed by atoms with Gasteiger partial charge in [0.25, 0.3) is 0 Å². The molecule has 0 aromatic carbocycles. The molecule has 0 spiro atoms. The van der Waals surface area contributed by atoms with E-state index in [0.717, 1.165) is 36.0 Å². The Labute approximate surface area is 186 Å². The highest BCUT2D eigenvalue weighted by Crippen LogP contribution is 2.68. The van der Waals surface area contributed by atoms with E-state index in [4.69, 9.17) is 0 Å². The van der Waals surface area contributed by atoms with Crippen LogP contribution in [0.15, 0.2) is 23.8 Å². The van der Waals surface area contributed by atoms with E-state index in [1.807, 2.05) is 0 Å². The van der Waals surface area contributed by atoms with Crippen molar-refractivity contribution in [1.29, 1.82) is 0 Å². The summed E-state index contributed by atoms with van der Waals surface area (Å²) >= 11 is 0. The molecule has 30 heavy (non-hydrogen) atoms. The van der Waals surface area contributed by atoms with Crippen molar-refractivity contribution >= 4 is 0 Å². The smallest absolute Gasteiger partial charge is 0.0597 e. The van der Waals surface area contributed by atoms with Crippen molar-refractivity contribution in [3.8, 4) is 0 Å². The fraction of sp³-hybridized carbons (Fsp3) is 0.862. The third kappa shape index (κ3) is 3.37. The van der Waals surface area contributed by atoms with Gasteiger partial charge < -0.3 is 5.11 Å². The number of hydrogen-bond donors (Lipinski definition) is 1. The van der Waals surface area contributed by atoms with Gasteiger partial charge in [-0.25, -0.2) is 0 Å². The van der Waals surface area contributed by atoms with Gasteiger partial charge in [0.1, 0.15) is 0 Å². The quantitative estimate of drug-likeness (QED) is 0.467. The molecule has 4 aliphatic carbocycles. The molecule has 0 aromatic heterocycles. The van der Waals surface area contributed by atoms with Gasteiger partial charge in [0.05, 0.1) is 6.10 Å². The summed E-state index contributed by atoms with van der Waals surface area (Å²) in [5, 5.41) is 10.7. The average Bonchev–Trinajstić information content (AvgIpc) is 3.02. The molecule has 0 saturated heterocycles. The second-order valence-electron chi connectivity index (χ2n) is 13.1. The normalized spacial score (nSPS) is 47.7.